The molecule has 0 radical (unpaired) electrons. The molecular weight excluding hydrogens is 747 g/mol. The summed E-state index contributed by atoms with van der Waals surface area (Å²) in [5.41, 5.74) is 1.97. The van der Waals surface area contributed by atoms with E-state index in [9.17, 15) is 23.3 Å². The van der Waals surface area contributed by atoms with Gasteiger partial charge in [-0.2, -0.15) is 17.0 Å². The Labute approximate surface area is 333 Å². The minimum absolute atomic E-state index is 0.00465. The van der Waals surface area contributed by atoms with Gasteiger partial charge in [0.1, 0.15) is 40.6 Å². The number of ketones is 1. The highest BCUT2D eigenvalue weighted by molar-refractivity contribution is 8.00. The van der Waals surface area contributed by atoms with Crippen LogP contribution in [0.1, 0.15) is 51.3 Å². The third kappa shape index (κ3) is 10.6. The summed E-state index contributed by atoms with van der Waals surface area (Å²) in [4.78, 5) is 24.3. The van der Waals surface area contributed by atoms with E-state index in [4.69, 9.17) is 18.9 Å². The minimum Gasteiger partial charge on any atom is -0.497 e. The Morgan fingerprint density at radius 3 is 1.50 bits per heavy atom. The highest BCUT2D eigenvalue weighted by atomic mass is 32.2. The fourth-order valence-electron chi connectivity index (χ4n) is 5.79. The lowest BCUT2D eigenvalue weighted by molar-refractivity contribution is -0.148. The topological polar surface area (TPSA) is 129 Å². The summed E-state index contributed by atoms with van der Waals surface area (Å²) in [7, 11) is -2.15. The number of methoxy groups -OCH3 is 1. The largest absolute Gasteiger partial charge is 0.497 e. The molecule has 0 N–H and O–H groups in total. The van der Waals surface area contributed by atoms with E-state index in [0.29, 0.717) is 28.8 Å². The van der Waals surface area contributed by atoms with Gasteiger partial charge in [-0.1, -0.05) is 50.2 Å². The number of Topliss-reactive ketones (excluding diaryl/α,β-unsaturated/α-hetero) is 1. The average Bonchev–Trinajstić information content (AvgIpc) is 3.19. The number of carbonyl (C=O) groups excluding carboxylic acids is 2. The molecule has 11 heteroatoms. The second-order valence-electron chi connectivity index (χ2n) is 14.3. The standard InChI is InChI=1S/C45H45NO8S2/c1-31(47)52-43(44(2,3)30-46)29-55-28-35(48)27-32-7-13-37(14-8-32)53-39-19-23-41(24-20-39)56(49,50)42-25-21-40(22-26-42)54-38-17-11-34(12-18-38)45(4,5)33-9-15-36(51-6)16-10-33/h7-26,43H,27-29H2,1-6H3. The number of benzene rings is 5. The molecule has 290 valence electrons. The van der Waals surface area contributed by atoms with Crippen LogP contribution >= 0.6 is 11.8 Å². The van der Waals surface area contributed by atoms with Crippen molar-refractivity contribution in [3.63, 3.8) is 0 Å². The van der Waals surface area contributed by atoms with Crippen molar-refractivity contribution in [3.05, 3.63) is 138 Å². The monoisotopic (exact) mass is 791 g/mol. The van der Waals surface area contributed by atoms with Gasteiger partial charge >= 0.3 is 5.97 Å². The Morgan fingerprint density at radius 1 is 0.679 bits per heavy atom. The van der Waals surface area contributed by atoms with E-state index in [0.717, 1.165) is 22.4 Å². The smallest absolute Gasteiger partial charge is 0.302 e. The molecule has 0 saturated carbocycles. The van der Waals surface area contributed by atoms with E-state index in [-0.39, 0.29) is 33.2 Å². The van der Waals surface area contributed by atoms with Crippen molar-refractivity contribution in [1.82, 2.24) is 0 Å². The first-order valence-corrected chi connectivity index (χ1v) is 20.6. The second kappa shape index (κ2) is 17.9. The number of hydrogen-bond donors (Lipinski definition) is 0. The van der Waals surface area contributed by atoms with Crippen LogP contribution in [0.5, 0.6) is 28.7 Å². The van der Waals surface area contributed by atoms with Gasteiger partial charge < -0.3 is 18.9 Å². The van der Waals surface area contributed by atoms with Crippen LogP contribution in [0, 0.1) is 16.7 Å². The molecule has 0 fully saturated rings. The molecule has 5 rings (SSSR count). The molecule has 0 amide bonds. The summed E-state index contributed by atoms with van der Waals surface area (Å²) in [5, 5.41) is 9.42. The Kier molecular flexibility index (Phi) is 13.3. The van der Waals surface area contributed by atoms with E-state index < -0.39 is 27.3 Å². The van der Waals surface area contributed by atoms with Crippen LogP contribution in [0.3, 0.4) is 0 Å². The molecule has 0 aliphatic heterocycles. The van der Waals surface area contributed by atoms with Crippen molar-refractivity contribution < 1.29 is 37.0 Å². The maximum atomic E-state index is 13.4. The summed E-state index contributed by atoms with van der Waals surface area (Å²) in [6.07, 6.45) is -0.411. The molecule has 0 spiro atoms. The molecule has 5 aromatic carbocycles. The lowest BCUT2D eigenvalue weighted by Gasteiger charge is -2.27. The number of ether oxygens (including phenoxy) is 4. The molecule has 1 atom stereocenters. The number of nitrogens with zero attached hydrogens (tertiary/aromatic N) is 1. The highest BCUT2D eigenvalue weighted by Crippen LogP contribution is 2.35. The van der Waals surface area contributed by atoms with Crippen molar-refractivity contribution in [2.45, 2.75) is 62.3 Å². The summed E-state index contributed by atoms with van der Waals surface area (Å²) < 4.78 is 49.4. The Hall–Kier alpha value is -5.57. The van der Waals surface area contributed by atoms with Crippen LogP contribution < -0.4 is 14.2 Å². The third-order valence-corrected chi connectivity index (χ3v) is 12.2. The predicted octanol–water partition coefficient (Wildman–Crippen LogP) is 9.76. The molecule has 5 aromatic rings. The van der Waals surface area contributed by atoms with Crippen molar-refractivity contribution >= 4 is 33.4 Å². The molecular formula is C45H45NO8S2. The maximum absolute atomic E-state index is 13.4. The maximum Gasteiger partial charge on any atom is 0.302 e. The van der Waals surface area contributed by atoms with Crippen molar-refractivity contribution in [2.75, 3.05) is 18.6 Å². The van der Waals surface area contributed by atoms with E-state index >= 15 is 0 Å². The zero-order valence-electron chi connectivity index (χ0n) is 32.3. The van der Waals surface area contributed by atoms with Crippen LogP contribution in [-0.4, -0.2) is 44.9 Å². The van der Waals surface area contributed by atoms with E-state index in [1.54, 1.807) is 69.5 Å². The first-order chi connectivity index (χ1) is 26.6. The van der Waals surface area contributed by atoms with Gasteiger partial charge in [0, 0.05) is 24.5 Å². The summed E-state index contributed by atoms with van der Waals surface area (Å²) in [6, 6.07) is 37.6. The molecule has 9 nitrogen and oxygen atoms in total. The van der Waals surface area contributed by atoms with Gasteiger partial charge in [-0.3, -0.25) is 9.59 Å². The van der Waals surface area contributed by atoms with Gasteiger partial charge in [0.2, 0.25) is 9.84 Å². The van der Waals surface area contributed by atoms with Crippen LogP contribution in [-0.2, 0) is 36.0 Å². The second-order valence-corrected chi connectivity index (χ2v) is 17.3. The summed E-state index contributed by atoms with van der Waals surface area (Å²) in [6.45, 7) is 9.02. The van der Waals surface area contributed by atoms with Gasteiger partial charge in [-0.25, -0.2) is 8.42 Å². The number of rotatable bonds is 17. The van der Waals surface area contributed by atoms with Crippen molar-refractivity contribution in [3.8, 4) is 34.8 Å². The third-order valence-electron chi connectivity index (χ3n) is 9.39. The van der Waals surface area contributed by atoms with E-state index in [1.165, 1.54) is 43.0 Å². The van der Waals surface area contributed by atoms with Crippen LogP contribution in [0.2, 0.25) is 0 Å². The predicted molar refractivity (Wildman–Crippen MR) is 217 cm³/mol. The van der Waals surface area contributed by atoms with Crippen molar-refractivity contribution in [1.29, 1.82) is 5.26 Å². The van der Waals surface area contributed by atoms with Gasteiger partial charge in [0.05, 0.1) is 34.1 Å². The Morgan fingerprint density at radius 2 is 1.09 bits per heavy atom. The van der Waals surface area contributed by atoms with E-state index in [2.05, 4.69) is 32.0 Å². The average molecular weight is 792 g/mol. The highest BCUT2D eigenvalue weighted by Gasteiger charge is 2.32. The van der Waals surface area contributed by atoms with Crippen LogP contribution in [0.4, 0.5) is 0 Å². The molecule has 56 heavy (non-hydrogen) atoms. The zero-order chi connectivity index (χ0) is 40.5. The van der Waals surface area contributed by atoms with Gasteiger partial charge in [0.25, 0.3) is 0 Å². The summed E-state index contributed by atoms with van der Waals surface area (Å²) >= 11 is 1.33. The Balaban J connectivity index is 1.12. The number of nitriles is 1. The fourth-order valence-corrected chi connectivity index (χ4v) is 8.20. The number of hydrogen-bond acceptors (Lipinski definition) is 10. The molecule has 0 saturated heterocycles. The molecule has 1 unspecified atom stereocenters. The number of carbonyl (C=O) groups is 2. The van der Waals surface area contributed by atoms with Crippen LogP contribution in [0.25, 0.3) is 0 Å². The SMILES string of the molecule is COc1ccc(C(C)(C)c2ccc(Oc3ccc(S(=O)(=O)c4ccc(Oc5ccc(CC(=O)CSCC(OC(C)=O)C(C)(C)C#N)cc5)cc4)cc3)cc2)cc1. The normalized spacial score (nSPS) is 12.2. The van der Waals surface area contributed by atoms with Gasteiger partial charge in [-0.05, 0) is 115 Å². The van der Waals surface area contributed by atoms with Gasteiger partial charge in [-0.15, -0.1) is 0 Å². The molecule has 0 heterocycles. The first-order valence-electron chi connectivity index (χ1n) is 17.9. The first kappa shape index (κ1) is 41.6. The summed E-state index contributed by atoms with van der Waals surface area (Å²) in [5.74, 6) is 3.01. The minimum atomic E-state index is -3.80. The molecule has 0 aliphatic rings. The van der Waals surface area contributed by atoms with E-state index in [1.807, 2.05) is 36.4 Å². The number of sulfone groups is 1. The van der Waals surface area contributed by atoms with Crippen molar-refractivity contribution in [2.24, 2.45) is 5.41 Å². The fraction of sp³-hybridized carbons (Fsp3) is 0.267. The molecule has 0 aliphatic carbocycles. The lowest BCUT2D eigenvalue weighted by Crippen LogP contribution is -2.34. The Bertz CT molecular complexity index is 2260. The number of thioether (sulfide) groups is 1. The quantitative estimate of drug-likeness (QED) is 0.0840. The van der Waals surface area contributed by atoms with Gasteiger partial charge in [0.15, 0.2) is 0 Å². The molecule has 0 aromatic heterocycles. The number of esters is 1. The lowest BCUT2D eigenvalue weighted by atomic mass is 9.78. The zero-order valence-corrected chi connectivity index (χ0v) is 33.9. The molecule has 0 bridgehead atoms. The van der Waals surface area contributed by atoms with Crippen LogP contribution in [0.15, 0.2) is 131 Å².